The van der Waals surface area contributed by atoms with Crippen LogP contribution in [0.4, 0.5) is 11.6 Å². The lowest BCUT2D eigenvalue weighted by Gasteiger charge is -2.31. The number of carbonyl (C=O) groups excluding carboxylic acids is 2. The fourth-order valence-corrected chi connectivity index (χ4v) is 3.93. The number of nitrogens with zero attached hydrogens (tertiary/aromatic N) is 3. The first-order valence-corrected chi connectivity index (χ1v) is 10.5. The van der Waals surface area contributed by atoms with E-state index < -0.39 is 17.4 Å². The van der Waals surface area contributed by atoms with Gasteiger partial charge >= 0.3 is 0 Å². The Morgan fingerprint density at radius 2 is 2.06 bits per heavy atom. The monoisotopic (exact) mass is 423 g/mol. The van der Waals surface area contributed by atoms with Gasteiger partial charge in [0.15, 0.2) is 5.49 Å². The van der Waals surface area contributed by atoms with Crippen LogP contribution in [0.2, 0.25) is 0 Å². The first-order chi connectivity index (χ1) is 14.9. The minimum Gasteiger partial charge on any atom is -0.494 e. The fourth-order valence-electron chi connectivity index (χ4n) is 3.93. The molecule has 0 saturated carbocycles. The second kappa shape index (κ2) is 8.71. The highest BCUT2D eigenvalue weighted by atomic mass is 16.5. The number of ether oxygens (including phenoxy) is 1. The summed E-state index contributed by atoms with van der Waals surface area (Å²) >= 11 is 0. The van der Waals surface area contributed by atoms with Crippen molar-refractivity contribution in [3.8, 4) is 5.75 Å². The Balaban J connectivity index is 1.69. The lowest BCUT2D eigenvalue weighted by Crippen LogP contribution is -2.51. The van der Waals surface area contributed by atoms with Crippen molar-refractivity contribution in [2.24, 2.45) is 10.9 Å². The van der Waals surface area contributed by atoms with E-state index in [1.165, 1.54) is 0 Å². The molecule has 1 aromatic carbocycles. The number of H-pyrrole nitrogens is 1. The molecule has 9 nitrogen and oxygen atoms in total. The maximum atomic E-state index is 12.9. The standard InChI is InChI=1S/C22H25N5O4/c1-3-31-15-8-6-14(7-9-15)23-20(29)16-11-17(28)24-19-18(16)21(30)26-22(25-19)27-10-4-5-13(2)12-27/h6-9,13H,3-5,10-12H2,1-2H3,(H,23,29)(H,24,25,26,28,30). The van der Waals surface area contributed by atoms with Gasteiger partial charge in [-0.3, -0.25) is 19.4 Å². The van der Waals surface area contributed by atoms with Crippen molar-refractivity contribution in [2.75, 3.05) is 29.9 Å². The Kier molecular flexibility index (Phi) is 5.83. The number of aromatic nitrogens is 2. The third-order valence-corrected chi connectivity index (χ3v) is 5.40. The van der Waals surface area contributed by atoms with Crippen molar-refractivity contribution in [1.82, 2.24) is 9.97 Å². The molecule has 0 spiro atoms. The maximum absolute atomic E-state index is 12.9. The van der Waals surface area contributed by atoms with E-state index in [1.807, 2.05) is 11.8 Å². The SMILES string of the molecule is CCOc1ccc(NC(=O)C2=c3c(nc(N4CCCC(C)C4)[nH]c3=O)=NC(=O)C2)cc1. The second-order valence-corrected chi connectivity index (χ2v) is 7.85. The number of nitrogens with one attached hydrogen (secondary N) is 2. The third-order valence-electron chi connectivity index (χ3n) is 5.40. The molecule has 1 unspecified atom stereocenters. The molecule has 0 aliphatic carbocycles. The highest BCUT2D eigenvalue weighted by Gasteiger charge is 2.24. The molecule has 0 bridgehead atoms. The first-order valence-electron chi connectivity index (χ1n) is 10.5. The van der Waals surface area contributed by atoms with E-state index in [-0.39, 0.29) is 22.7 Å². The molecular formula is C22H25N5O4. The number of fused-ring (bicyclic) bond motifs is 1. The summed E-state index contributed by atoms with van der Waals surface area (Å²) in [5.41, 5.74) is 0.133. The van der Waals surface area contributed by atoms with Crippen LogP contribution in [0.25, 0.3) is 5.57 Å². The van der Waals surface area contributed by atoms with E-state index in [0.29, 0.717) is 29.9 Å². The van der Waals surface area contributed by atoms with Crippen molar-refractivity contribution in [3.05, 3.63) is 45.3 Å². The fraction of sp³-hybridized carbons (Fsp3) is 0.409. The zero-order chi connectivity index (χ0) is 22.0. The number of amides is 2. The quantitative estimate of drug-likeness (QED) is 0.733. The molecule has 2 aromatic rings. The number of hydrogen-bond acceptors (Lipinski definition) is 6. The number of hydrogen-bond donors (Lipinski definition) is 2. The molecule has 9 heteroatoms. The van der Waals surface area contributed by atoms with E-state index in [0.717, 1.165) is 25.9 Å². The molecule has 1 fully saturated rings. The summed E-state index contributed by atoms with van der Waals surface area (Å²) in [6, 6.07) is 6.86. The molecule has 1 saturated heterocycles. The van der Waals surface area contributed by atoms with Crippen LogP contribution in [0.15, 0.2) is 34.1 Å². The number of piperidine rings is 1. The summed E-state index contributed by atoms with van der Waals surface area (Å²) in [6.07, 6.45) is 1.87. The molecular weight excluding hydrogens is 398 g/mol. The van der Waals surface area contributed by atoms with Crippen LogP contribution in [0, 0.1) is 5.92 Å². The van der Waals surface area contributed by atoms with Crippen LogP contribution in [0.3, 0.4) is 0 Å². The van der Waals surface area contributed by atoms with Gasteiger partial charge in [-0.25, -0.2) is 0 Å². The Morgan fingerprint density at radius 3 is 2.77 bits per heavy atom. The van der Waals surface area contributed by atoms with Gasteiger partial charge in [0, 0.05) is 24.4 Å². The Bertz CT molecular complexity index is 1190. The second-order valence-electron chi connectivity index (χ2n) is 7.85. The lowest BCUT2D eigenvalue weighted by atomic mass is 10.0. The molecule has 162 valence electrons. The van der Waals surface area contributed by atoms with Crippen LogP contribution in [0.5, 0.6) is 5.75 Å². The summed E-state index contributed by atoms with van der Waals surface area (Å²) in [6.45, 7) is 6.12. The smallest absolute Gasteiger partial charge is 0.262 e. The highest BCUT2D eigenvalue weighted by Crippen LogP contribution is 2.19. The third kappa shape index (κ3) is 4.50. The summed E-state index contributed by atoms with van der Waals surface area (Å²) in [4.78, 5) is 51.1. The minimum atomic E-state index is -0.527. The zero-order valence-corrected chi connectivity index (χ0v) is 17.6. The van der Waals surface area contributed by atoms with E-state index in [4.69, 9.17) is 4.74 Å². The topological polar surface area (TPSA) is 117 Å². The van der Waals surface area contributed by atoms with Gasteiger partial charge in [0.1, 0.15) is 5.75 Å². The van der Waals surface area contributed by atoms with Crippen molar-refractivity contribution < 1.29 is 14.3 Å². The van der Waals surface area contributed by atoms with Gasteiger partial charge in [-0.2, -0.15) is 9.98 Å². The molecule has 4 rings (SSSR count). The molecule has 3 heterocycles. The number of anilines is 2. The van der Waals surface area contributed by atoms with Crippen LogP contribution in [0.1, 0.15) is 33.1 Å². The predicted octanol–water partition coefficient (Wildman–Crippen LogP) is 0.744. The first kappa shape index (κ1) is 20.8. The van der Waals surface area contributed by atoms with Gasteiger partial charge in [-0.05, 0) is 49.9 Å². The van der Waals surface area contributed by atoms with Crippen molar-refractivity contribution >= 4 is 29.0 Å². The van der Waals surface area contributed by atoms with Crippen LogP contribution in [-0.4, -0.2) is 41.5 Å². The lowest BCUT2D eigenvalue weighted by molar-refractivity contribution is -0.118. The van der Waals surface area contributed by atoms with E-state index in [1.54, 1.807) is 24.3 Å². The molecule has 1 aromatic heterocycles. The Labute approximate surface area is 178 Å². The van der Waals surface area contributed by atoms with E-state index in [9.17, 15) is 14.4 Å². The number of carbonyl (C=O) groups is 2. The maximum Gasteiger partial charge on any atom is 0.262 e. The summed E-state index contributed by atoms with van der Waals surface area (Å²) in [5, 5.41) is 2.79. The van der Waals surface area contributed by atoms with Gasteiger partial charge in [0.2, 0.25) is 5.95 Å². The van der Waals surface area contributed by atoms with Gasteiger partial charge in [0.25, 0.3) is 17.4 Å². The van der Waals surface area contributed by atoms with E-state index in [2.05, 4.69) is 27.2 Å². The molecule has 2 amide bonds. The van der Waals surface area contributed by atoms with Crippen LogP contribution < -0.4 is 31.2 Å². The van der Waals surface area contributed by atoms with Gasteiger partial charge in [-0.15, -0.1) is 0 Å². The van der Waals surface area contributed by atoms with Crippen LogP contribution >= 0.6 is 0 Å². The zero-order valence-electron chi connectivity index (χ0n) is 17.6. The summed E-state index contributed by atoms with van der Waals surface area (Å²) < 4.78 is 5.39. The average molecular weight is 423 g/mol. The highest BCUT2D eigenvalue weighted by molar-refractivity contribution is 6.23. The van der Waals surface area contributed by atoms with Crippen molar-refractivity contribution in [2.45, 2.75) is 33.1 Å². The summed E-state index contributed by atoms with van der Waals surface area (Å²) in [5.74, 6) is 0.529. The Hall–Kier alpha value is -3.49. The summed E-state index contributed by atoms with van der Waals surface area (Å²) in [7, 11) is 0. The molecule has 2 aliphatic heterocycles. The number of rotatable bonds is 5. The molecule has 2 N–H and O–H groups in total. The average Bonchev–Trinajstić information content (AvgIpc) is 2.74. The number of benzene rings is 1. The van der Waals surface area contributed by atoms with Gasteiger partial charge in [-0.1, -0.05) is 6.92 Å². The minimum absolute atomic E-state index is 0.00469. The Morgan fingerprint density at radius 1 is 1.29 bits per heavy atom. The van der Waals surface area contributed by atoms with Crippen molar-refractivity contribution in [3.63, 3.8) is 0 Å². The van der Waals surface area contributed by atoms with Gasteiger partial charge < -0.3 is 15.0 Å². The molecule has 1 atom stereocenters. The van der Waals surface area contributed by atoms with Crippen molar-refractivity contribution in [1.29, 1.82) is 0 Å². The normalized spacial score (nSPS) is 18.3. The molecule has 2 aliphatic rings. The molecule has 31 heavy (non-hydrogen) atoms. The number of aromatic amines is 1. The van der Waals surface area contributed by atoms with Gasteiger partial charge in [0.05, 0.1) is 18.2 Å². The largest absolute Gasteiger partial charge is 0.494 e. The van der Waals surface area contributed by atoms with Crippen LogP contribution in [-0.2, 0) is 9.59 Å². The van der Waals surface area contributed by atoms with E-state index >= 15 is 0 Å². The predicted molar refractivity (Wildman–Crippen MR) is 116 cm³/mol. The molecule has 0 radical (unpaired) electrons.